The Hall–Kier alpha value is -2.44. The molecule has 0 N–H and O–H groups in total. The van der Waals surface area contributed by atoms with Crippen LogP contribution in [0.5, 0.6) is 17.2 Å². The first-order chi connectivity index (χ1) is 15.1. The highest BCUT2D eigenvalue weighted by Crippen LogP contribution is 2.35. The first-order valence-corrected chi connectivity index (χ1v) is 11.4. The fourth-order valence-corrected chi connectivity index (χ4v) is 4.89. The number of nitrogens with zero attached hydrogens (tertiary/aromatic N) is 1. The van der Waals surface area contributed by atoms with Crippen LogP contribution in [0.3, 0.4) is 0 Å². The summed E-state index contributed by atoms with van der Waals surface area (Å²) in [4.78, 5) is 28.1. The SMILES string of the molecule is COc1cc(OC)c(C(=O)OCC(=O)N(C2CCCCC2)C2CCCCC2)cc1OC. The molecule has 2 saturated carbocycles. The Morgan fingerprint density at radius 2 is 1.26 bits per heavy atom. The fraction of sp³-hybridized carbons (Fsp3) is 0.667. The highest BCUT2D eigenvalue weighted by Gasteiger charge is 2.33. The molecule has 0 saturated heterocycles. The van der Waals surface area contributed by atoms with E-state index in [4.69, 9.17) is 18.9 Å². The lowest BCUT2D eigenvalue weighted by atomic mass is 9.88. The highest BCUT2D eigenvalue weighted by atomic mass is 16.5. The molecule has 0 aromatic heterocycles. The van der Waals surface area contributed by atoms with Crippen molar-refractivity contribution >= 4 is 11.9 Å². The average Bonchev–Trinajstić information content (AvgIpc) is 2.83. The number of hydrogen-bond acceptors (Lipinski definition) is 6. The molecule has 2 aliphatic carbocycles. The van der Waals surface area contributed by atoms with E-state index in [2.05, 4.69) is 4.90 Å². The van der Waals surface area contributed by atoms with Crippen LogP contribution in [-0.4, -0.2) is 56.8 Å². The van der Waals surface area contributed by atoms with Crippen molar-refractivity contribution in [1.29, 1.82) is 0 Å². The molecule has 7 nitrogen and oxygen atoms in total. The Morgan fingerprint density at radius 3 is 1.74 bits per heavy atom. The maximum Gasteiger partial charge on any atom is 0.342 e. The van der Waals surface area contributed by atoms with Gasteiger partial charge in [-0.15, -0.1) is 0 Å². The van der Waals surface area contributed by atoms with Crippen LogP contribution in [0.25, 0.3) is 0 Å². The van der Waals surface area contributed by atoms with E-state index in [0.29, 0.717) is 17.2 Å². The molecule has 1 aromatic carbocycles. The predicted octanol–water partition coefficient (Wildman–Crippen LogP) is 4.36. The van der Waals surface area contributed by atoms with Crippen molar-refractivity contribution in [2.45, 2.75) is 76.3 Å². The normalized spacial score (nSPS) is 17.6. The smallest absolute Gasteiger partial charge is 0.342 e. The molecule has 0 heterocycles. The van der Waals surface area contributed by atoms with E-state index in [0.717, 1.165) is 51.4 Å². The van der Waals surface area contributed by atoms with Gasteiger partial charge >= 0.3 is 5.97 Å². The fourth-order valence-electron chi connectivity index (χ4n) is 4.89. The van der Waals surface area contributed by atoms with Gasteiger partial charge < -0.3 is 23.8 Å². The first kappa shape index (κ1) is 23.2. The minimum atomic E-state index is -0.613. The van der Waals surface area contributed by atoms with Crippen LogP contribution in [-0.2, 0) is 9.53 Å². The van der Waals surface area contributed by atoms with E-state index in [1.165, 1.54) is 40.2 Å². The third kappa shape index (κ3) is 5.63. The second-order valence-electron chi connectivity index (χ2n) is 8.37. The third-order valence-corrected chi connectivity index (χ3v) is 6.48. The summed E-state index contributed by atoms with van der Waals surface area (Å²) in [5, 5.41) is 0. The van der Waals surface area contributed by atoms with Crippen molar-refractivity contribution in [2.75, 3.05) is 27.9 Å². The Morgan fingerprint density at radius 1 is 0.774 bits per heavy atom. The zero-order valence-corrected chi connectivity index (χ0v) is 19.0. The summed E-state index contributed by atoms with van der Waals surface area (Å²) >= 11 is 0. The van der Waals surface area contributed by atoms with Crippen molar-refractivity contribution in [3.05, 3.63) is 17.7 Å². The summed E-state index contributed by atoms with van der Waals surface area (Å²) in [6, 6.07) is 3.62. The van der Waals surface area contributed by atoms with Gasteiger partial charge in [-0.2, -0.15) is 0 Å². The van der Waals surface area contributed by atoms with Gasteiger partial charge in [0.25, 0.3) is 5.91 Å². The maximum absolute atomic E-state index is 13.2. The molecule has 1 aromatic rings. The van der Waals surface area contributed by atoms with Crippen LogP contribution < -0.4 is 14.2 Å². The van der Waals surface area contributed by atoms with Gasteiger partial charge in [0.2, 0.25) is 0 Å². The predicted molar refractivity (Wildman–Crippen MR) is 117 cm³/mol. The van der Waals surface area contributed by atoms with Crippen molar-refractivity contribution < 1.29 is 28.5 Å². The maximum atomic E-state index is 13.2. The molecule has 1 amide bonds. The van der Waals surface area contributed by atoms with Gasteiger partial charge in [0.1, 0.15) is 11.3 Å². The van der Waals surface area contributed by atoms with Crippen LogP contribution in [0.4, 0.5) is 0 Å². The Bertz CT molecular complexity index is 735. The number of amides is 1. The highest BCUT2D eigenvalue weighted by molar-refractivity contribution is 5.95. The molecule has 7 heteroatoms. The monoisotopic (exact) mass is 433 g/mol. The minimum Gasteiger partial charge on any atom is -0.496 e. The molecular weight excluding hydrogens is 398 g/mol. The third-order valence-electron chi connectivity index (χ3n) is 6.48. The number of benzene rings is 1. The molecule has 0 radical (unpaired) electrons. The van der Waals surface area contributed by atoms with Gasteiger partial charge in [0.05, 0.1) is 21.3 Å². The van der Waals surface area contributed by atoms with E-state index >= 15 is 0 Å². The topological polar surface area (TPSA) is 74.3 Å². The molecule has 0 aliphatic heterocycles. The summed E-state index contributed by atoms with van der Waals surface area (Å²) in [5.41, 5.74) is 0.204. The number of methoxy groups -OCH3 is 3. The first-order valence-electron chi connectivity index (χ1n) is 11.4. The van der Waals surface area contributed by atoms with Gasteiger partial charge in [-0.3, -0.25) is 4.79 Å². The molecular formula is C24H35NO6. The molecule has 31 heavy (non-hydrogen) atoms. The van der Waals surface area contributed by atoms with Crippen molar-refractivity contribution in [2.24, 2.45) is 0 Å². The second-order valence-corrected chi connectivity index (χ2v) is 8.37. The van der Waals surface area contributed by atoms with Gasteiger partial charge in [-0.25, -0.2) is 4.79 Å². The van der Waals surface area contributed by atoms with Gasteiger partial charge in [0.15, 0.2) is 18.1 Å². The van der Waals surface area contributed by atoms with Crippen molar-refractivity contribution in [3.63, 3.8) is 0 Å². The van der Waals surface area contributed by atoms with Gasteiger partial charge in [-0.05, 0) is 25.7 Å². The lowest BCUT2D eigenvalue weighted by molar-refractivity contribution is -0.141. The lowest BCUT2D eigenvalue weighted by Crippen LogP contribution is -2.50. The summed E-state index contributed by atoms with van der Waals surface area (Å²) in [6.45, 7) is -0.261. The molecule has 3 rings (SSSR count). The number of ether oxygens (including phenoxy) is 4. The van der Waals surface area contributed by atoms with E-state index in [-0.39, 0.29) is 30.2 Å². The quantitative estimate of drug-likeness (QED) is 0.567. The zero-order valence-electron chi connectivity index (χ0n) is 19.0. The Labute approximate surface area is 185 Å². The number of hydrogen-bond donors (Lipinski definition) is 0. The second kappa shape index (κ2) is 11.3. The number of carbonyl (C=O) groups is 2. The number of carbonyl (C=O) groups excluding carboxylic acids is 2. The zero-order chi connectivity index (χ0) is 22.2. The molecule has 2 fully saturated rings. The van der Waals surface area contributed by atoms with E-state index in [1.807, 2.05) is 0 Å². The Kier molecular flexibility index (Phi) is 8.43. The number of esters is 1. The summed E-state index contributed by atoms with van der Waals surface area (Å²) in [7, 11) is 4.48. The molecule has 172 valence electrons. The van der Waals surface area contributed by atoms with E-state index in [9.17, 15) is 9.59 Å². The Balaban J connectivity index is 1.71. The van der Waals surface area contributed by atoms with Gasteiger partial charge in [0, 0.05) is 24.2 Å². The van der Waals surface area contributed by atoms with Crippen LogP contribution in [0.2, 0.25) is 0 Å². The number of rotatable bonds is 8. The average molecular weight is 434 g/mol. The van der Waals surface area contributed by atoms with Crippen LogP contribution >= 0.6 is 0 Å². The van der Waals surface area contributed by atoms with E-state index in [1.54, 1.807) is 6.07 Å². The van der Waals surface area contributed by atoms with Crippen LogP contribution in [0.15, 0.2) is 12.1 Å². The molecule has 0 atom stereocenters. The molecule has 2 aliphatic rings. The van der Waals surface area contributed by atoms with Crippen molar-refractivity contribution in [1.82, 2.24) is 4.90 Å². The van der Waals surface area contributed by atoms with Gasteiger partial charge in [-0.1, -0.05) is 38.5 Å². The molecule has 0 spiro atoms. The summed E-state index contributed by atoms with van der Waals surface area (Å²) < 4.78 is 21.3. The van der Waals surface area contributed by atoms with Crippen LogP contribution in [0.1, 0.15) is 74.6 Å². The lowest BCUT2D eigenvalue weighted by Gasteiger charge is -2.41. The molecule has 0 unspecified atom stereocenters. The van der Waals surface area contributed by atoms with Crippen molar-refractivity contribution in [3.8, 4) is 17.2 Å². The standard InChI is InChI=1S/C24H35NO6/c1-28-20-15-22(30-3)21(29-2)14-19(20)24(27)31-16-23(26)25(17-10-6-4-7-11-17)18-12-8-5-9-13-18/h14-15,17-18H,4-13,16H2,1-3H3. The minimum absolute atomic E-state index is 0.0911. The summed E-state index contributed by atoms with van der Waals surface area (Å²) in [5.74, 6) is 0.455. The van der Waals surface area contributed by atoms with Crippen LogP contribution in [0, 0.1) is 0 Å². The summed E-state index contributed by atoms with van der Waals surface area (Å²) in [6.07, 6.45) is 11.3. The largest absolute Gasteiger partial charge is 0.496 e. The van der Waals surface area contributed by atoms with E-state index < -0.39 is 5.97 Å². The molecule has 0 bridgehead atoms.